The highest BCUT2D eigenvalue weighted by Gasteiger charge is 2.15. The molecule has 6 nitrogen and oxygen atoms in total. The molecule has 0 radical (unpaired) electrons. The van der Waals surface area contributed by atoms with Crippen LogP contribution in [-0.4, -0.2) is 38.6 Å². The summed E-state index contributed by atoms with van der Waals surface area (Å²) in [4.78, 5) is 12.3. The lowest BCUT2D eigenvalue weighted by atomic mass is 10.3. The number of hydrogen-bond acceptors (Lipinski definition) is 5. The number of anilines is 2. The van der Waals surface area contributed by atoms with Gasteiger partial charge >= 0.3 is 5.97 Å². The molecule has 106 valence electrons. The SMILES string of the molecule is CN(c1ccc(F)cc1)c1nnc(SCC(=O)O)n1C. The number of thioether (sulfide) groups is 1. The van der Waals surface area contributed by atoms with Crippen LogP contribution in [0.3, 0.4) is 0 Å². The average Bonchev–Trinajstić information content (AvgIpc) is 2.78. The quantitative estimate of drug-likeness (QED) is 0.850. The first-order valence-electron chi connectivity index (χ1n) is 5.72. The van der Waals surface area contributed by atoms with Crippen LogP contribution >= 0.6 is 11.8 Å². The minimum atomic E-state index is -0.911. The lowest BCUT2D eigenvalue weighted by molar-refractivity contribution is -0.133. The smallest absolute Gasteiger partial charge is 0.313 e. The maximum absolute atomic E-state index is 12.9. The van der Waals surface area contributed by atoms with Crippen LogP contribution in [0.2, 0.25) is 0 Å². The number of aliphatic carboxylic acids is 1. The summed E-state index contributed by atoms with van der Waals surface area (Å²) in [5.74, 6) is -0.750. The molecule has 2 aromatic rings. The van der Waals surface area contributed by atoms with Crippen molar-refractivity contribution in [2.45, 2.75) is 5.16 Å². The zero-order chi connectivity index (χ0) is 14.7. The Bertz CT molecular complexity index is 614. The number of rotatable bonds is 5. The van der Waals surface area contributed by atoms with Crippen LogP contribution in [0.5, 0.6) is 0 Å². The molecule has 1 aromatic heterocycles. The lowest BCUT2D eigenvalue weighted by Gasteiger charge is -2.17. The molecule has 0 atom stereocenters. The Morgan fingerprint density at radius 2 is 2.05 bits per heavy atom. The van der Waals surface area contributed by atoms with Gasteiger partial charge < -0.3 is 10.0 Å². The highest BCUT2D eigenvalue weighted by atomic mass is 32.2. The van der Waals surface area contributed by atoms with Gasteiger partial charge in [-0.1, -0.05) is 11.8 Å². The Kier molecular flexibility index (Phi) is 4.23. The fourth-order valence-electron chi connectivity index (χ4n) is 1.63. The summed E-state index contributed by atoms with van der Waals surface area (Å²) in [7, 11) is 3.53. The molecule has 0 amide bonds. The molecule has 0 aliphatic heterocycles. The summed E-state index contributed by atoms with van der Waals surface area (Å²) in [6.07, 6.45) is 0. The van der Waals surface area contributed by atoms with E-state index in [0.717, 1.165) is 17.4 Å². The van der Waals surface area contributed by atoms with Gasteiger partial charge in [0.2, 0.25) is 5.95 Å². The summed E-state index contributed by atoms with van der Waals surface area (Å²) in [6, 6.07) is 5.99. The zero-order valence-corrected chi connectivity index (χ0v) is 11.8. The molecule has 0 aliphatic rings. The lowest BCUT2D eigenvalue weighted by Crippen LogP contribution is -2.14. The first-order chi connectivity index (χ1) is 9.49. The molecule has 8 heteroatoms. The third kappa shape index (κ3) is 3.08. The van der Waals surface area contributed by atoms with Crippen molar-refractivity contribution < 1.29 is 14.3 Å². The second-order valence-electron chi connectivity index (χ2n) is 4.06. The number of benzene rings is 1. The largest absolute Gasteiger partial charge is 0.481 e. The molecule has 0 fully saturated rings. The summed E-state index contributed by atoms with van der Waals surface area (Å²) >= 11 is 1.09. The van der Waals surface area contributed by atoms with Crippen LogP contribution in [-0.2, 0) is 11.8 Å². The van der Waals surface area contributed by atoms with Gasteiger partial charge in [-0.15, -0.1) is 10.2 Å². The highest BCUT2D eigenvalue weighted by Crippen LogP contribution is 2.25. The van der Waals surface area contributed by atoms with Gasteiger partial charge in [0, 0.05) is 19.8 Å². The van der Waals surface area contributed by atoms with Gasteiger partial charge in [-0.25, -0.2) is 4.39 Å². The third-order valence-electron chi connectivity index (χ3n) is 2.65. The van der Waals surface area contributed by atoms with Crippen molar-refractivity contribution in [3.8, 4) is 0 Å². The van der Waals surface area contributed by atoms with Gasteiger partial charge in [0.1, 0.15) is 5.82 Å². The Hall–Kier alpha value is -2.09. The number of carboxylic acids is 1. The number of aromatic nitrogens is 3. The van der Waals surface area contributed by atoms with Crippen molar-refractivity contribution >= 4 is 29.4 Å². The molecule has 0 aliphatic carbocycles. The molecule has 20 heavy (non-hydrogen) atoms. The first kappa shape index (κ1) is 14.3. The van der Waals surface area contributed by atoms with E-state index in [1.165, 1.54) is 12.1 Å². The second kappa shape index (κ2) is 5.91. The molecule has 0 saturated carbocycles. The normalized spacial score (nSPS) is 10.6. The monoisotopic (exact) mass is 296 g/mol. The van der Waals surface area contributed by atoms with E-state index < -0.39 is 5.97 Å². The van der Waals surface area contributed by atoms with Crippen LogP contribution in [0.4, 0.5) is 16.0 Å². The van der Waals surface area contributed by atoms with Crippen LogP contribution in [0.1, 0.15) is 0 Å². The van der Waals surface area contributed by atoms with Crippen LogP contribution in [0.25, 0.3) is 0 Å². The third-order valence-corrected chi connectivity index (χ3v) is 3.66. The van der Waals surface area contributed by atoms with Crippen molar-refractivity contribution in [3.05, 3.63) is 30.1 Å². The van der Waals surface area contributed by atoms with Gasteiger partial charge in [0.05, 0.1) is 5.75 Å². The van der Waals surface area contributed by atoms with E-state index in [1.807, 2.05) is 0 Å². The van der Waals surface area contributed by atoms with Gasteiger partial charge in [-0.05, 0) is 24.3 Å². The number of hydrogen-bond donors (Lipinski definition) is 1. The van der Waals surface area contributed by atoms with Crippen molar-refractivity contribution in [2.75, 3.05) is 17.7 Å². The minimum absolute atomic E-state index is 0.0771. The van der Waals surface area contributed by atoms with Gasteiger partial charge in [0.15, 0.2) is 5.16 Å². The zero-order valence-electron chi connectivity index (χ0n) is 10.9. The first-order valence-corrected chi connectivity index (χ1v) is 6.71. The van der Waals surface area contributed by atoms with Crippen LogP contribution in [0, 0.1) is 5.82 Å². The molecule has 0 unspecified atom stereocenters. The van der Waals surface area contributed by atoms with Gasteiger partial charge in [-0.3, -0.25) is 9.36 Å². The van der Waals surface area contributed by atoms with Crippen molar-refractivity contribution in [1.29, 1.82) is 0 Å². The maximum Gasteiger partial charge on any atom is 0.313 e. The van der Waals surface area contributed by atoms with Crippen LogP contribution < -0.4 is 4.90 Å². The standard InChI is InChI=1S/C12H13FN4O2S/c1-16(9-5-3-8(13)4-6-9)11-14-15-12(17(11)2)20-7-10(18)19/h3-6H,7H2,1-2H3,(H,18,19). The van der Waals surface area contributed by atoms with E-state index in [0.29, 0.717) is 11.1 Å². The minimum Gasteiger partial charge on any atom is -0.481 e. The molecule has 1 aromatic carbocycles. The van der Waals surface area contributed by atoms with E-state index in [9.17, 15) is 9.18 Å². The maximum atomic E-state index is 12.9. The number of halogens is 1. The summed E-state index contributed by atoms with van der Waals surface area (Å²) in [5.41, 5.74) is 0.761. The molecule has 1 heterocycles. The van der Waals surface area contributed by atoms with E-state index in [2.05, 4.69) is 10.2 Å². The van der Waals surface area contributed by atoms with E-state index in [1.54, 1.807) is 35.7 Å². The number of nitrogens with zero attached hydrogens (tertiary/aromatic N) is 4. The number of carbonyl (C=O) groups is 1. The predicted molar refractivity (Wildman–Crippen MR) is 73.8 cm³/mol. The van der Waals surface area contributed by atoms with Crippen LogP contribution in [0.15, 0.2) is 29.4 Å². The number of carboxylic acid groups (broad SMARTS) is 1. The van der Waals surface area contributed by atoms with Crippen molar-refractivity contribution in [3.63, 3.8) is 0 Å². The second-order valence-corrected chi connectivity index (χ2v) is 5.00. The highest BCUT2D eigenvalue weighted by molar-refractivity contribution is 7.99. The molecule has 0 spiro atoms. The fraction of sp³-hybridized carbons (Fsp3) is 0.250. The Labute approximate surface area is 119 Å². The summed E-state index contributed by atoms with van der Waals surface area (Å²) in [5, 5.41) is 17.1. The Balaban J connectivity index is 2.20. The van der Waals surface area contributed by atoms with E-state index in [4.69, 9.17) is 5.11 Å². The van der Waals surface area contributed by atoms with E-state index in [-0.39, 0.29) is 11.6 Å². The molecule has 0 saturated heterocycles. The average molecular weight is 296 g/mol. The molecular weight excluding hydrogens is 283 g/mol. The van der Waals surface area contributed by atoms with Crippen molar-refractivity contribution in [2.24, 2.45) is 7.05 Å². The fourth-order valence-corrected chi connectivity index (χ4v) is 2.26. The summed E-state index contributed by atoms with van der Waals surface area (Å²) < 4.78 is 14.6. The molecule has 1 N–H and O–H groups in total. The predicted octanol–water partition coefficient (Wildman–Crippen LogP) is 1.90. The Morgan fingerprint density at radius 1 is 1.40 bits per heavy atom. The molecular formula is C12H13FN4O2S. The topological polar surface area (TPSA) is 71.2 Å². The Morgan fingerprint density at radius 3 is 2.65 bits per heavy atom. The molecule has 2 rings (SSSR count). The summed E-state index contributed by atoms with van der Waals surface area (Å²) in [6.45, 7) is 0. The van der Waals surface area contributed by atoms with Gasteiger partial charge in [0.25, 0.3) is 0 Å². The van der Waals surface area contributed by atoms with Gasteiger partial charge in [-0.2, -0.15) is 0 Å². The van der Waals surface area contributed by atoms with Crippen molar-refractivity contribution in [1.82, 2.24) is 14.8 Å². The molecule has 0 bridgehead atoms. The van der Waals surface area contributed by atoms with E-state index >= 15 is 0 Å².